The molecule has 0 bridgehead atoms. The summed E-state index contributed by atoms with van der Waals surface area (Å²) in [5.74, 6) is 1.70. The third-order valence-electron chi connectivity index (χ3n) is 1.96. The smallest absolute Gasteiger partial charge is 0.0201 e. The Kier molecular flexibility index (Phi) is 2.98. The van der Waals surface area contributed by atoms with E-state index >= 15 is 0 Å². The molecule has 0 amide bonds. The van der Waals surface area contributed by atoms with E-state index in [1.165, 1.54) is 37.7 Å². The van der Waals surface area contributed by atoms with E-state index in [9.17, 15) is 0 Å². The molecule has 1 rings (SSSR count). The third kappa shape index (κ3) is 2.55. The number of rotatable bonds is 2. The highest BCUT2D eigenvalue weighted by Crippen LogP contribution is 2.29. The fourth-order valence-electron chi connectivity index (χ4n) is 1.49. The zero-order chi connectivity index (χ0) is 7.40. The van der Waals surface area contributed by atoms with Crippen LogP contribution >= 0.6 is 0 Å². The van der Waals surface area contributed by atoms with Crippen molar-refractivity contribution < 1.29 is 0 Å². The van der Waals surface area contributed by atoms with Crippen LogP contribution in [0.2, 0.25) is 0 Å². The van der Waals surface area contributed by atoms with Crippen molar-refractivity contribution in [1.82, 2.24) is 0 Å². The van der Waals surface area contributed by atoms with Crippen LogP contribution in [0.25, 0.3) is 0 Å². The molecule has 56 valence electrons. The minimum atomic E-state index is 1.17. The van der Waals surface area contributed by atoms with Crippen LogP contribution in [0.3, 0.4) is 0 Å². The summed E-state index contributed by atoms with van der Waals surface area (Å²) in [6.07, 6.45) is 8.78. The topological polar surface area (TPSA) is 0 Å². The summed E-state index contributed by atoms with van der Waals surface area (Å²) in [5.41, 5.74) is 1.32. The largest absolute Gasteiger partial charge is 0.100 e. The minimum absolute atomic E-state index is 1.17. The van der Waals surface area contributed by atoms with Gasteiger partial charge >= 0.3 is 0 Å². The van der Waals surface area contributed by atoms with E-state index < -0.39 is 0 Å². The van der Waals surface area contributed by atoms with Gasteiger partial charge in [-0.3, -0.25) is 0 Å². The second-order valence-corrected chi connectivity index (χ2v) is 3.25. The van der Waals surface area contributed by atoms with Gasteiger partial charge in [0.2, 0.25) is 0 Å². The summed E-state index contributed by atoms with van der Waals surface area (Å²) >= 11 is 0. The molecular formula is C10H16. The first-order chi connectivity index (χ1) is 4.79. The van der Waals surface area contributed by atoms with Crippen molar-refractivity contribution in [2.75, 3.05) is 0 Å². The highest BCUT2D eigenvalue weighted by molar-refractivity contribution is 5.06. The Hall–Kier alpha value is -0.260. The highest BCUT2D eigenvalue weighted by atomic mass is 14.2. The SMILES string of the molecule is C=C(C)C[C]1CC[CH]CC1. The van der Waals surface area contributed by atoms with Gasteiger partial charge in [-0.2, -0.15) is 0 Å². The van der Waals surface area contributed by atoms with Crippen molar-refractivity contribution in [3.8, 4) is 0 Å². The second-order valence-electron chi connectivity index (χ2n) is 3.25. The summed E-state index contributed by atoms with van der Waals surface area (Å²) < 4.78 is 0. The Labute approximate surface area is 64.3 Å². The van der Waals surface area contributed by atoms with Crippen molar-refractivity contribution >= 4 is 0 Å². The fraction of sp³-hybridized carbons (Fsp3) is 0.600. The van der Waals surface area contributed by atoms with Crippen LogP contribution in [0.5, 0.6) is 0 Å². The van der Waals surface area contributed by atoms with Crippen LogP contribution in [0.1, 0.15) is 39.0 Å². The Morgan fingerprint density at radius 3 is 2.60 bits per heavy atom. The average molecular weight is 136 g/mol. The molecule has 1 aliphatic rings. The van der Waals surface area contributed by atoms with Crippen LogP contribution in [0.15, 0.2) is 12.2 Å². The maximum Gasteiger partial charge on any atom is -0.0201 e. The van der Waals surface area contributed by atoms with Crippen LogP contribution < -0.4 is 0 Å². The lowest BCUT2D eigenvalue weighted by Crippen LogP contribution is -2.04. The number of allylic oxidation sites excluding steroid dienone is 1. The summed E-state index contributed by atoms with van der Waals surface area (Å²) in [4.78, 5) is 0. The second kappa shape index (κ2) is 3.80. The van der Waals surface area contributed by atoms with Crippen LogP contribution in [-0.4, -0.2) is 0 Å². The van der Waals surface area contributed by atoms with Gasteiger partial charge in [0.15, 0.2) is 0 Å². The van der Waals surface area contributed by atoms with Crippen LogP contribution in [0, 0.1) is 12.3 Å². The van der Waals surface area contributed by atoms with Gasteiger partial charge in [0.25, 0.3) is 0 Å². The van der Waals surface area contributed by atoms with Gasteiger partial charge in [0.05, 0.1) is 0 Å². The molecule has 1 aliphatic carbocycles. The van der Waals surface area contributed by atoms with Gasteiger partial charge < -0.3 is 0 Å². The fourth-order valence-corrected chi connectivity index (χ4v) is 1.49. The molecule has 1 saturated carbocycles. The molecule has 0 heteroatoms. The van der Waals surface area contributed by atoms with Crippen molar-refractivity contribution in [2.45, 2.75) is 39.0 Å². The van der Waals surface area contributed by atoms with E-state index in [1.807, 2.05) is 0 Å². The van der Waals surface area contributed by atoms with E-state index in [0.717, 1.165) is 0 Å². The molecule has 0 atom stereocenters. The number of hydrogen-bond acceptors (Lipinski definition) is 0. The molecule has 0 unspecified atom stereocenters. The van der Waals surface area contributed by atoms with Gasteiger partial charge in [-0.25, -0.2) is 0 Å². The van der Waals surface area contributed by atoms with E-state index in [1.54, 1.807) is 5.92 Å². The molecule has 0 heterocycles. The summed E-state index contributed by atoms with van der Waals surface area (Å²) in [6.45, 7) is 6.03. The van der Waals surface area contributed by atoms with Gasteiger partial charge in [0.1, 0.15) is 0 Å². The molecular weight excluding hydrogens is 120 g/mol. The van der Waals surface area contributed by atoms with E-state index in [0.29, 0.717) is 0 Å². The Balaban J connectivity index is 2.19. The van der Waals surface area contributed by atoms with Crippen molar-refractivity contribution in [1.29, 1.82) is 0 Å². The third-order valence-corrected chi connectivity index (χ3v) is 1.96. The lowest BCUT2D eigenvalue weighted by Gasteiger charge is -2.20. The molecule has 0 spiro atoms. The van der Waals surface area contributed by atoms with E-state index in [2.05, 4.69) is 19.9 Å². The minimum Gasteiger partial charge on any atom is -0.100 e. The predicted molar refractivity (Wildman–Crippen MR) is 45.4 cm³/mol. The predicted octanol–water partition coefficient (Wildman–Crippen LogP) is 3.31. The van der Waals surface area contributed by atoms with Crippen molar-refractivity contribution in [3.63, 3.8) is 0 Å². The average Bonchev–Trinajstić information content (AvgIpc) is 1.88. The highest BCUT2D eigenvalue weighted by Gasteiger charge is 2.13. The van der Waals surface area contributed by atoms with Gasteiger partial charge in [0, 0.05) is 0 Å². The molecule has 0 nitrogen and oxygen atoms in total. The standard InChI is InChI=1S/C10H16/c1-9(2)8-10-6-4-3-5-7-10/h3H,1,4-8H2,2H3. The molecule has 0 aromatic carbocycles. The summed E-state index contributed by atoms with van der Waals surface area (Å²) in [7, 11) is 0. The number of hydrogen-bond donors (Lipinski definition) is 0. The van der Waals surface area contributed by atoms with E-state index in [-0.39, 0.29) is 0 Å². The lowest BCUT2D eigenvalue weighted by atomic mass is 9.85. The quantitative estimate of drug-likeness (QED) is 0.511. The zero-order valence-electron chi connectivity index (χ0n) is 6.82. The Morgan fingerprint density at radius 2 is 2.10 bits per heavy atom. The molecule has 0 N–H and O–H groups in total. The molecule has 0 aliphatic heterocycles. The van der Waals surface area contributed by atoms with Crippen molar-refractivity contribution in [3.05, 3.63) is 24.5 Å². The molecule has 2 radical (unpaired) electrons. The molecule has 1 fully saturated rings. The first-order valence-corrected chi connectivity index (χ1v) is 4.08. The lowest BCUT2D eigenvalue weighted by molar-refractivity contribution is 0.604. The summed E-state index contributed by atoms with van der Waals surface area (Å²) in [5, 5.41) is 0. The first-order valence-electron chi connectivity index (χ1n) is 4.08. The zero-order valence-corrected chi connectivity index (χ0v) is 6.82. The maximum absolute atomic E-state index is 3.92. The van der Waals surface area contributed by atoms with Gasteiger partial charge in [-0.05, 0) is 51.4 Å². The molecule has 0 aromatic rings. The van der Waals surface area contributed by atoms with Crippen molar-refractivity contribution in [2.24, 2.45) is 0 Å². The Bertz CT molecular complexity index is 107. The molecule has 10 heavy (non-hydrogen) atoms. The van der Waals surface area contributed by atoms with Crippen LogP contribution in [-0.2, 0) is 0 Å². The van der Waals surface area contributed by atoms with E-state index in [4.69, 9.17) is 0 Å². The van der Waals surface area contributed by atoms with Crippen LogP contribution in [0.4, 0.5) is 0 Å². The Morgan fingerprint density at radius 1 is 1.50 bits per heavy atom. The van der Waals surface area contributed by atoms with Gasteiger partial charge in [-0.1, -0.05) is 5.57 Å². The molecule has 0 saturated heterocycles. The maximum atomic E-state index is 3.92. The summed E-state index contributed by atoms with van der Waals surface area (Å²) in [6, 6.07) is 0. The molecule has 0 aromatic heterocycles. The monoisotopic (exact) mass is 136 g/mol. The van der Waals surface area contributed by atoms with Gasteiger partial charge in [-0.15, -0.1) is 6.58 Å². The normalized spacial score (nSPS) is 20.9. The first kappa shape index (κ1) is 7.84.